The molecule has 172 valence electrons. The summed E-state index contributed by atoms with van der Waals surface area (Å²) >= 11 is 3.43. The Labute approximate surface area is 198 Å². The Morgan fingerprint density at radius 2 is 1.94 bits per heavy atom. The number of benzene rings is 2. The van der Waals surface area contributed by atoms with Crippen molar-refractivity contribution in [1.29, 1.82) is 0 Å². The number of rotatable bonds is 9. The Morgan fingerprint density at radius 1 is 1.22 bits per heavy atom. The zero-order valence-electron chi connectivity index (χ0n) is 18.0. The topological polar surface area (TPSA) is 94.8 Å². The summed E-state index contributed by atoms with van der Waals surface area (Å²) in [5.74, 6) is 0.0588. The van der Waals surface area contributed by atoms with Crippen LogP contribution in [0, 0.1) is 0 Å². The van der Waals surface area contributed by atoms with E-state index in [2.05, 4.69) is 15.9 Å². The van der Waals surface area contributed by atoms with Gasteiger partial charge in [0.15, 0.2) is 9.84 Å². The van der Waals surface area contributed by atoms with E-state index in [9.17, 15) is 23.7 Å². The average Bonchev–Trinajstić information content (AvgIpc) is 3.03. The lowest BCUT2D eigenvalue weighted by molar-refractivity contribution is 0.190. The zero-order valence-corrected chi connectivity index (χ0v) is 20.4. The third-order valence-corrected chi connectivity index (χ3v) is 8.31. The summed E-state index contributed by atoms with van der Waals surface area (Å²) in [6.45, 7) is 1.45. The van der Waals surface area contributed by atoms with Crippen molar-refractivity contribution in [2.45, 2.75) is 44.0 Å². The van der Waals surface area contributed by atoms with Gasteiger partial charge >= 0.3 is 0 Å². The van der Waals surface area contributed by atoms with Crippen LogP contribution in [0.3, 0.4) is 0 Å². The second-order valence-corrected chi connectivity index (χ2v) is 11.2. The van der Waals surface area contributed by atoms with Gasteiger partial charge < -0.3 is 15.3 Å². The maximum atomic E-state index is 12.5. The van der Waals surface area contributed by atoms with Gasteiger partial charge in [-0.15, -0.1) is 0 Å². The maximum Gasteiger partial charge on any atom is 0.163 e. The lowest BCUT2D eigenvalue weighted by Gasteiger charge is -2.20. The number of phenols is 1. The summed E-state index contributed by atoms with van der Waals surface area (Å²) in [5, 5.41) is 30.0. The van der Waals surface area contributed by atoms with Crippen molar-refractivity contribution in [3.8, 4) is 5.75 Å². The largest absolute Gasteiger partial charge is 0.507 e. The number of hydrogen-bond donors (Lipinski definition) is 3. The monoisotopic (exact) mass is 520 g/mol. The highest BCUT2D eigenvalue weighted by atomic mass is 79.9. The van der Waals surface area contributed by atoms with Gasteiger partial charge in [0.25, 0.3) is 0 Å². The second-order valence-electron chi connectivity index (χ2n) is 8.08. The van der Waals surface area contributed by atoms with E-state index in [1.54, 1.807) is 12.1 Å². The Kier molecular flexibility index (Phi) is 8.33. The van der Waals surface area contributed by atoms with Crippen LogP contribution in [0.1, 0.15) is 43.7 Å². The SMILES string of the molecule is CCCC1=C([C@H](O)CC/C(=C/c2cc(Br)ccc2O)c2ccccc2)[C@H](CO)S(=O)(=O)C1. The number of halogens is 1. The summed E-state index contributed by atoms with van der Waals surface area (Å²) in [5.41, 5.74) is 3.72. The highest BCUT2D eigenvalue weighted by Crippen LogP contribution is 2.35. The number of aromatic hydroxyl groups is 1. The van der Waals surface area contributed by atoms with E-state index in [4.69, 9.17) is 0 Å². The van der Waals surface area contributed by atoms with Crippen molar-refractivity contribution in [3.05, 3.63) is 75.3 Å². The van der Waals surface area contributed by atoms with Crippen molar-refractivity contribution >= 4 is 37.4 Å². The molecular weight excluding hydrogens is 492 g/mol. The first kappa shape index (κ1) is 24.7. The molecule has 2 atom stereocenters. The molecule has 3 rings (SSSR count). The van der Waals surface area contributed by atoms with E-state index in [0.717, 1.165) is 27.6 Å². The fourth-order valence-electron chi connectivity index (χ4n) is 4.26. The van der Waals surface area contributed by atoms with E-state index < -0.39 is 27.8 Å². The average molecular weight is 521 g/mol. The fourth-order valence-corrected chi connectivity index (χ4v) is 6.57. The summed E-state index contributed by atoms with van der Waals surface area (Å²) in [7, 11) is -3.49. The molecule has 1 aliphatic heterocycles. The Morgan fingerprint density at radius 3 is 2.59 bits per heavy atom. The standard InChI is InChI=1S/C25H29BrO5S/c1-2-6-19-16-32(30,31)24(15-27)25(19)23(29)11-9-18(17-7-4-3-5-8-17)13-20-14-21(26)10-12-22(20)28/h3-5,7-8,10,12-14,23-24,27-29H,2,6,9,11,15-16H2,1H3/b18-13-/t23-,24+/m1/s1. The number of sulfone groups is 1. The van der Waals surface area contributed by atoms with Crippen LogP contribution in [-0.2, 0) is 9.84 Å². The molecule has 0 fully saturated rings. The van der Waals surface area contributed by atoms with Crippen molar-refractivity contribution in [3.63, 3.8) is 0 Å². The van der Waals surface area contributed by atoms with E-state index in [1.807, 2.05) is 49.4 Å². The molecular formula is C25H29BrO5S. The summed E-state index contributed by atoms with van der Waals surface area (Å²) in [6.07, 6.45) is 3.07. The number of allylic oxidation sites excluding steroid dienone is 1. The molecule has 2 aromatic carbocycles. The Hall–Kier alpha value is -1.93. The molecule has 7 heteroatoms. The van der Waals surface area contributed by atoms with Crippen molar-refractivity contribution in [2.24, 2.45) is 0 Å². The van der Waals surface area contributed by atoms with Crippen molar-refractivity contribution in [2.75, 3.05) is 12.4 Å². The first-order chi connectivity index (χ1) is 15.3. The first-order valence-corrected chi connectivity index (χ1v) is 13.2. The minimum Gasteiger partial charge on any atom is -0.507 e. The fraction of sp³-hybridized carbons (Fsp3) is 0.360. The van der Waals surface area contributed by atoms with Crippen LogP contribution in [0.2, 0.25) is 0 Å². The van der Waals surface area contributed by atoms with Gasteiger partial charge in [-0.1, -0.05) is 65.2 Å². The summed E-state index contributed by atoms with van der Waals surface area (Å²) in [6, 6.07) is 14.9. The number of hydrogen-bond acceptors (Lipinski definition) is 5. The molecule has 0 spiro atoms. The van der Waals surface area contributed by atoms with Gasteiger partial charge in [0.2, 0.25) is 0 Å². The van der Waals surface area contributed by atoms with Crippen LogP contribution in [-0.4, -0.2) is 47.5 Å². The van der Waals surface area contributed by atoms with Gasteiger partial charge in [-0.05, 0) is 60.2 Å². The maximum absolute atomic E-state index is 12.5. The van der Waals surface area contributed by atoms with Crippen molar-refractivity contribution in [1.82, 2.24) is 0 Å². The molecule has 0 saturated carbocycles. The molecule has 0 amide bonds. The van der Waals surface area contributed by atoms with Crippen LogP contribution in [0.4, 0.5) is 0 Å². The summed E-state index contributed by atoms with van der Waals surface area (Å²) < 4.78 is 25.9. The lowest BCUT2D eigenvalue weighted by Crippen LogP contribution is -2.29. The smallest absolute Gasteiger partial charge is 0.163 e. The quantitative estimate of drug-likeness (QED) is 0.328. The summed E-state index contributed by atoms with van der Waals surface area (Å²) in [4.78, 5) is 0. The van der Waals surface area contributed by atoms with Gasteiger partial charge in [-0.25, -0.2) is 8.42 Å². The second kappa shape index (κ2) is 10.8. The minimum atomic E-state index is -3.49. The van der Waals surface area contributed by atoms with Crippen LogP contribution >= 0.6 is 15.9 Å². The molecule has 0 aromatic heterocycles. The Bertz CT molecular complexity index is 1110. The number of aliphatic hydroxyl groups excluding tert-OH is 2. The van der Waals surface area contributed by atoms with Crippen molar-refractivity contribution < 1.29 is 23.7 Å². The van der Waals surface area contributed by atoms with Crippen LogP contribution in [0.5, 0.6) is 5.75 Å². The predicted octanol–water partition coefficient (Wildman–Crippen LogP) is 4.72. The van der Waals surface area contributed by atoms with E-state index in [1.165, 1.54) is 0 Å². The normalized spacial score (nSPS) is 19.4. The van der Waals surface area contributed by atoms with E-state index in [0.29, 0.717) is 30.4 Å². The van der Waals surface area contributed by atoms with Gasteiger partial charge in [-0.3, -0.25) is 0 Å². The molecule has 0 bridgehead atoms. The molecule has 5 nitrogen and oxygen atoms in total. The molecule has 2 aromatic rings. The third-order valence-electron chi connectivity index (χ3n) is 5.79. The van der Waals surface area contributed by atoms with E-state index >= 15 is 0 Å². The minimum absolute atomic E-state index is 0.0915. The van der Waals surface area contributed by atoms with Crippen LogP contribution < -0.4 is 0 Å². The van der Waals surface area contributed by atoms with Crippen LogP contribution in [0.15, 0.2) is 64.1 Å². The molecule has 0 unspecified atom stereocenters. The molecule has 0 aliphatic carbocycles. The highest BCUT2D eigenvalue weighted by molar-refractivity contribution is 9.10. The van der Waals surface area contributed by atoms with E-state index in [-0.39, 0.29) is 11.5 Å². The predicted molar refractivity (Wildman–Crippen MR) is 132 cm³/mol. The molecule has 1 aliphatic rings. The molecule has 0 radical (unpaired) electrons. The zero-order chi connectivity index (χ0) is 23.3. The van der Waals surface area contributed by atoms with Gasteiger partial charge in [-0.2, -0.15) is 0 Å². The van der Waals surface area contributed by atoms with Crippen LogP contribution in [0.25, 0.3) is 11.6 Å². The van der Waals surface area contributed by atoms with Gasteiger partial charge in [0, 0.05) is 10.0 Å². The number of aliphatic hydroxyl groups is 2. The number of phenolic OH excluding ortho intramolecular Hbond substituents is 1. The van der Waals surface area contributed by atoms with Gasteiger partial charge in [0.1, 0.15) is 11.0 Å². The first-order valence-electron chi connectivity index (χ1n) is 10.7. The lowest BCUT2D eigenvalue weighted by atomic mass is 9.91. The molecule has 0 saturated heterocycles. The van der Waals surface area contributed by atoms with Gasteiger partial charge in [0.05, 0.1) is 18.5 Å². The molecule has 1 heterocycles. The third kappa shape index (κ3) is 5.70. The highest BCUT2D eigenvalue weighted by Gasteiger charge is 2.40. The molecule has 32 heavy (non-hydrogen) atoms. The molecule has 3 N–H and O–H groups in total. The Balaban J connectivity index is 1.91.